The number of benzene rings is 1. The average molecular weight is 267 g/mol. The van der Waals surface area contributed by atoms with Crippen LogP contribution in [0.5, 0.6) is 5.75 Å². The molecule has 0 aliphatic rings. The highest BCUT2D eigenvalue weighted by Gasteiger charge is 2.10. The van der Waals surface area contributed by atoms with Gasteiger partial charge in [-0.05, 0) is 19.1 Å². The minimum atomic E-state index is -0.115. The van der Waals surface area contributed by atoms with Crippen LogP contribution in [-0.2, 0) is 9.53 Å². The molecule has 1 rings (SSSR count). The molecular formula is C14H21NO4. The molecule has 0 heterocycles. The molecule has 0 radical (unpaired) electrons. The van der Waals surface area contributed by atoms with E-state index in [9.17, 15) is 4.79 Å². The fourth-order valence-electron chi connectivity index (χ4n) is 1.57. The second-order valence-electron chi connectivity index (χ2n) is 3.91. The number of aliphatic hydroxyl groups is 1. The number of para-hydroxylation sites is 1. The Labute approximate surface area is 113 Å². The first-order valence-corrected chi connectivity index (χ1v) is 6.42. The van der Waals surface area contributed by atoms with E-state index in [4.69, 9.17) is 14.6 Å². The lowest BCUT2D eigenvalue weighted by Gasteiger charge is -2.19. The Balaban J connectivity index is 2.11. The van der Waals surface area contributed by atoms with Crippen molar-refractivity contribution in [1.29, 1.82) is 0 Å². The molecule has 0 saturated carbocycles. The summed E-state index contributed by atoms with van der Waals surface area (Å²) in [6, 6.07) is 9.44. The molecule has 0 fully saturated rings. The van der Waals surface area contributed by atoms with Gasteiger partial charge in [0, 0.05) is 13.1 Å². The minimum Gasteiger partial charge on any atom is -0.491 e. The van der Waals surface area contributed by atoms with E-state index in [-0.39, 0.29) is 19.1 Å². The topological polar surface area (TPSA) is 59.0 Å². The Bertz CT molecular complexity index is 356. The Kier molecular flexibility index (Phi) is 7.62. The number of likely N-dealkylation sites (N-methyl/N-ethyl adjacent to an activating group) is 1. The lowest BCUT2D eigenvalue weighted by molar-refractivity contribution is -0.136. The van der Waals surface area contributed by atoms with Crippen molar-refractivity contribution in [2.75, 3.05) is 39.5 Å². The molecule has 0 aromatic heterocycles. The van der Waals surface area contributed by atoms with Gasteiger partial charge in [0.2, 0.25) is 5.91 Å². The molecule has 19 heavy (non-hydrogen) atoms. The molecular weight excluding hydrogens is 246 g/mol. The first kappa shape index (κ1) is 15.5. The normalized spacial score (nSPS) is 10.2. The van der Waals surface area contributed by atoms with Crippen LogP contribution in [0.1, 0.15) is 6.92 Å². The van der Waals surface area contributed by atoms with Crippen LogP contribution in [-0.4, -0.2) is 55.4 Å². The second-order valence-corrected chi connectivity index (χ2v) is 3.91. The van der Waals surface area contributed by atoms with Crippen LogP contribution in [0.2, 0.25) is 0 Å². The lowest BCUT2D eigenvalue weighted by Crippen LogP contribution is -2.36. The van der Waals surface area contributed by atoms with Crippen LogP contribution >= 0.6 is 0 Å². The summed E-state index contributed by atoms with van der Waals surface area (Å²) in [4.78, 5) is 13.2. The number of hydrogen-bond acceptors (Lipinski definition) is 4. The van der Waals surface area contributed by atoms with Gasteiger partial charge in [0.1, 0.15) is 19.0 Å². The maximum atomic E-state index is 11.6. The number of hydrogen-bond donors (Lipinski definition) is 1. The summed E-state index contributed by atoms with van der Waals surface area (Å²) in [6.07, 6.45) is 0. The highest BCUT2D eigenvalue weighted by atomic mass is 16.5. The summed E-state index contributed by atoms with van der Waals surface area (Å²) in [5.41, 5.74) is 0. The molecule has 5 heteroatoms. The molecule has 0 spiro atoms. The van der Waals surface area contributed by atoms with Gasteiger partial charge in [-0.1, -0.05) is 18.2 Å². The predicted octanol–water partition coefficient (Wildman–Crippen LogP) is 0.923. The molecule has 1 aromatic carbocycles. The number of aliphatic hydroxyl groups excluding tert-OH is 1. The van der Waals surface area contributed by atoms with Crippen LogP contribution < -0.4 is 4.74 Å². The van der Waals surface area contributed by atoms with E-state index in [1.54, 1.807) is 4.90 Å². The van der Waals surface area contributed by atoms with Crippen molar-refractivity contribution < 1.29 is 19.4 Å². The summed E-state index contributed by atoms with van der Waals surface area (Å²) >= 11 is 0. The van der Waals surface area contributed by atoms with Crippen molar-refractivity contribution in [3.63, 3.8) is 0 Å². The van der Waals surface area contributed by atoms with Gasteiger partial charge in [0.15, 0.2) is 0 Å². The van der Waals surface area contributed by atoms with Crippen LogP contribution in [0.25, 0.3) is 0 Å². The molecule has 106 valence electrons. The van der Waals surface area contributed by atoms with Gasteiger partial charge >= 0.3 is 0 Å². The van der Waals surface area contributed by atoms with Gasteiger partial charge in [0.25, 0.3) is 0 Å². The zero-order valence-corrected chi connectivity index (χ0v) is 11.2. The molecule has 0 bridgehead atoms. The maximum absolute atomic E-state index is 11.6. The molecule has 1 N–H and O–H groups in total. The summed E-state index contributed by atoms with van der Waals surface area (Å²) in [5, 5.41) is 8.80. The molecule has 0 atom stereocenters. The standard InChI is InChI=1S/C14H21NO4/c1-2-15(8-9-16)14(17)12-18-10-11-19-13-6-4-3-5-7-13/h3-7,16H,2,8-12H2,1H3. The van der Waals surface area contributed by atoms with Gasteiger partial charge in [-0.2, -0.15) is 0 Å². The predicted molar refractivity (Wildman–Crippen MR) is 72.1 cm³/mol. The summed E-state index contributed by atoms with van der Waals surface area (Å²) < 4.78 is 10.7. The SMILES string of the molecule is CCN(CCO)C(=O)COCCOc1ccccc1. The third-order valence-electron chi connectivity index (χ3n) is 2.57. The average Bonchev–Trinajstić information content (AvgIpc) is 2.45. The monoisotopic (exact) mass is 267 g/mol. The molecule has 0 aliphatic carbocycles. The van der Waals surface area contributed by atoms with Crippen molar-refractivity contribution in [3.8, 4) is 5.75 Å². The van der Waals surface area contributed by atoms with E-state index in [0.717, 1.165) is 5.75 Å². The zero-order chi connectivity index (χ0) is 13.9. The molecule has 0 saturated heterocycles. The molecule has 1 aromatic rings. The number of rotatable bonds is 9. The first-order chi connectivity index (χ1) is 9.27. The quantitative estimate of drug-likeness (QED) is 0.676. The van der Waals surface area contributed by atoms with E-state index in [1.807, 2.05) is 37.3 Å². The number of amides is 1. The van der Waals surface area contributed by atoms with Gasteiger partial charge in [-0.25, -0.2) is 0 Å². The Morgan fingerprint density at radius 2 is 2.00 bits per heavy atom. The van der Waals surface area contributed by atoms with E-state index >= 15 is 0 Å². The maximum Gasteiger partial charge on any atom is 0.248 e. The highest BCUT2D eigenvalue weighted by Crippen LogP contribution is 2.07. The van der Waals surface area contributed by atoms with Crippen molar-refractivity contribution in [1.82, 2.24) is 4.90 Å². The Morgan fingerprint density at radius 1 is 1.26 bits per heavy atom. The van der Waals surface area contributed by atoms with Gasteiger partial charge in [0.05, 0.1) is 13.2 Å². The van der Waals surface area contributed by atoms with Crippen molar-refractivity contribution in [2.24, 2.45) is 0 Å². The minimum absolute atomic E-state index is 0.0198. The fourth-order valence-corrected chi connectivity index (χ4v) is 1.57. The number of ether oxygens (including phenoxy) is 2. The van der Waals surface area contributed by atoms with Gasteiger partial charge < -0.3 is 19.5 Å². The van der Waals surface area contributed by atoms with E-state index in [1.165, 1.54) is 0 Å². The summed E-state index contributed by atoms with van der Waals surface area (Å²) in [6.45, 7) is 3.54. The Morgan fingerprint density at radius 3 is 2.63 bits per heavy atom. The van der Waals surface area contributed by atoms with Crippen LogP contribution in [0.4, 0.5) is 0 Å². The molecule has 5 nitrogen and oxygen atoms in total. The largest absolute Gasteiger partial charge is 0.491 e. The van der Waals surface area contributed by atoms with Crippen molar-refractivity contribution in [3.05, 3.63) is 30.3 Å². The lowest BCUT2D eigenvalue weighted by atomic mass is 10.3. The summed E-state index contributed by atoms with van der Waals surface area (Å²) in [7, 11) is 0. The van der Waals surface area contributed by atoms with E-state index in [0.29, 0.717) is 26.3 Å². The Hall–Kier alpha value is -1.59. The van der Waals surface area contributed by atoms with E-state index < -0.39 is 0 Å². The van der Waals surface area contributed by atoms with Crippen molar-refractivity contribution >= 4 is 5.91 Å². The molecule has 0 aliphatic heterocycles. The highest BCUT2D eigenvalue weighted by molar-refractivity contribution is 5.77. The van der Waals surface area contributed by atoms with E-state index in [2.05, 4.69) is 0 Å². The first-order valence-electron chi connectivity index (χ1n) is 6.42. The van der Waals surface area contributed by atoms with Gasteiger partial charge in [-0.15, -0.1) is 0 Å². The smallest absolute Gasteiger partial charge is 0.248 e. The van der Waals surface area contributed by atoms with Crippen LogP contribution in [0.3, 0.4) is 0 Å². The van der Waals surface area contributed by atoms with Crippen molar-refractivity contribution in [2.45, 2.75) is 6.92 Å². The number of carbonyl (C=O) groups is 1. The zero-order valence-electron chi connectivity index (χ0n) is 11.2. The van der Waals surface area contributed by atoms with Crippen LogP contribution in [0.15, 0.2) is 30.3 Å². The third-order valence-corrected chi connectivity index (χ3v) is 2.57. The number of nitrogens with zero attached hydrogens (tertiary/aromatic N) is 1. The fraction of sp³-hybridized carbons (Fsp3) is 0.500. The molecule has 1 amide bonds. The summed E-state index contributed by atoms with van der Waals surface area (Å²) in [5.74, 6) is 0.671. The molecule has 0 unspecified atom stereocenters. The number of carbonyl (C=O) groups excluding carboxylic acids is 1. The second kappa shape index (κ2) is 9.35. The third kappa shape index (κ3) is 6.22. The van der Waals surface area contributed by atoms with Gasteiger partial charge in [-0.3, -0.25) is 4.79 Å². The van der Waals surface area contributed by atoms with Crippen LogP contribution in [0, 0.1) is 0 Å².